The second-order valence-corrected chi connectivity index (χ2v) is 4.47. The molecule has 0 spiro atoms. The molecule has 23 heavy (non-hydrogen) atoms. The van der Waals surface area contributed by atoms with Gasteiger partial charge in [-0.2, -0.15) is 0 Å². The van der Waals surface area contributed by atoms with Crippen LogP contribution in [-0.4, -0.2) is 46.7 Å². The first-order chi connectivity index (χ1) is 10.9. The Balaban J connectivity index is 2.32. The van der Waals surface area contributed by atoms with Crippen molar-refractivity contribution >= 4 is 23.9 Å². The number of alkyl carbamates (subject to hydrolysis) is 1. The van der Waals surface area contributed by atoms with Crippen LogP contribution in [0, 0.1) is 0 Å². The Morgan fingerprint density at radius 3 is 2.30 bits per heavy atom. The van der Waals surface area contributed by atoms with Crippen LogP contribution in [0.5, 0.6) is 0 Å². The fraction of sp³-hybridized carbons (Fsp3) is 0.286. The zero-order chi connectivity index (χ0) is 17.2. The summed E-state index contributed by atoms with van der Waals surface area (Å²) >= 11 is 0. The van der Waals surface area contributed by atoms with E-state index in [1.54, 1.807) is 24.3 Å². The number of carbonyl (C=O) groups excluding carboxylic acids is 2. The molecule has 0 fully saturated rings. The number of benzene rings is 1. The first-order valence-electron chi connectivity index (χ1n) is 6.57. The Bertz CT molecular complexity index is 574. The van der Waals surface area contributed by atoms with Crippen LogP contribution in [0.15, 0.2) is 30.3 Å². The molecule has 1 unspecified atom stereocenters. The van der Waals surface area contributed by atoms with Gasteiger partial charge in [0.2, 0.25) is 5.91 Å². The number of rotatable bonds is 8. The number of carbonyl (C=O) groups is 4. The third-order valence-electron chi connectivity index (χ3n) is 2.62. The molecule has 0 aliphatic rings. The summed E-state index contributed by atoms with van der Waals surface area (Å²) in [5.74, 6) is -3.68. The van der Waals surface area contributed by atoms with Crippen molar-refractivity contribution in [1.29, 1.82) is 0 Å². The van der Waals surface area contributed by atoms with Gasteiger partial charge in [0, 0.05) is 0 Å². The summed E-state index contributed by atoms with van der Waals surface area (Å²) in [5.41, 5.74) is 0.763. The van der Waals surface area contributed by atoms with Crippen molar-refractivity contribution in [3.8, 4) is 0 Å². The van der Waals surface area contributed by atoms with E-state index in [4.69, 9.17) is 14.9 Å². The number of ether oxygens (including phenoxy) is 1. The average molecular weight is 324 g/mol. The van der Waals surface area contributed by atoms with Crippen LogP contribution in [0.4, 0.5) is 4.79 Å². The zero-order valence-corrected chi connectivity index (χ0v) is 12.0. The third kappa shape index (κ3) is 7.46. The van der Waals surface area contributed by atoms with Crippen LogP contribution >= 0.6 is 0 Å². The third-order valence-corrected chi connectivity index (χ3v) is 2.62. The maximum atomic E-state index is 11.5. The van der Waals surface area contributed by atoms with E-state index in [1.165, 1.54) is 0 Å². The summed E-state index contributed by atoms with van der Waals surface area (Å²) in [5, 5.41) is 21.4. The molecule has 0 radical (unpaired) electrons. The topological polar surface area (TPSA) is 142 Å². The quantitative estimate of drug-likeness (QED) is 0.525. The van der Waals surface area contributed by atoms with Gasteiger partial charge in [-0.3, -0.25) is 9.59 Å². The van der Waals surface area contributed by atoms with Gasteiger partial charge in [0.1, 0.15) is 19.2 Å². The number of carboxylic acid groups (broad SMARTS) is 2. The molecule has 0 saturated heterocycles. The van der Waals surface area contributed by atoms with Crippen LogP contribution in [0.25, 0.3) is 0 Å². The van der Waals surface area contributed by atoms with E-state index in [9.17, 15) is 19.2 Å². The summed E-state index contributed by atoms with van der Waals surface area (Å²) in [6, 6.07) is 7.30. The van der Waals surface area contributed by atoms with Crippen molar-refractivity contribution in [3.05, 3.63) is 35.9 Å². The van der Waals surface area contributed by atoms with Crippen LogP contribution in [0.3, 0.4) is 0 Å². The Morgan fingerprint density at radius 2 is 1.74 bits per heavy atom. The van der Waals surface area contributed by atoms with E-state index in [2.05, 4.69) is 5.32 Å². The first kappa shape index (κ1) is 18.0. The van der Waals surface area contributed by atoms with Gasteiger partial charge in [-0.25, -0.2) is 9.59 Å². The second kappa shape index (κ2) is 9.03. The average Bonchev–Trinajstić information content (AvgIpc) is 2.50. The molecular formula is C14H16N2O7. The number of hydrogen-bond donors (Lipinski definition) is 4. The maximum Gasteiger partial charge on any atom is 0.407 e. The molecule has 0 aliphatic carbocycles. The highest BCUT2D eigenvalue weighted by molar-refractivity contribution is 5.88. The minimum atomic E-state index is -1.57. The van der Waals surface area contributed by atoms with Crippen molar-refractivity contribution in [2.75, 3.05) is 6.54 Å². The number of carboxylic acids is 2. The fourth-order valence-corrected chi connectivity index (χ4v) is 1.55. The van der Waals surface area contributed by atoms with Crippen LogP contribution in [-0.2, 0) is 25.7 Å². The standard InChI is InChI=1S/C14H16N2O7/c17-11(16-10(13(20)21)6-12(18)19)7-15-14(22)23-8-9-4-2-1-3-5-9/h1-5,10H,6-8H2,(H,15,22)(H,16,17)(H,18,19)(H,20,21). The molecule has 124 valence electrons. The van der Waals surface area contributed by atoms with Gasteiger partial charge < -0.3 is 25.6 Å². The highest BCUT2D eigenvalue weighted by Gasteiger charge is 2.23. The van der Waals surface area contributed by atoms with Crippen LogP contribution in [0.2, 0.25) is 0 Å². The van der Waals surface area contributed by atoms with Crippen molar-refractivity contribution < 1.29 is 34.1 Å². The van der Waals surface area contributed by atoms with E-state index >= 15 is 0 Å². The maximum absolute atomic E-state index is 11.5. The van der Waals surface area contributed by atoms with Gasteiger partial charge in [-0.1, -0.05) is 30.3 Å². The number of nitrogens with one attached hydrogen (secondary N) is 2. The summed E-state index contributed by atoms with van der Waals surface area (Å²) in [7, 11) is 0. The molecule has 2 amide bonds. The van der Waals surface area contributed by atoms with Gasteiger partial charge in [-0.05, 0) is 5.56 Å². The fourth-order valence-electron chi connectivity index (χ4n) is 1.55. The second-order valence-electron chi connectivity index (χ2n) is 4.47. The molecular weight excluding hydrogens is 308 g/mol. The van der Waals surface area contributed by atoms with Crippen molar-refractivity contribution in [2.24, 2.45) is 0 Å². The van der Waals surface area contributed by atoms with E-state index in [-0.39, 0.29) is 6.61 Å². The minimum Gasteiger partial charge on any atom is -0.481 e. The van der Waals surface area contributed by atoms with Gasteiger partial charge in [0.05, 0.1) is 6.42 Å². The van der Waals surface area contributed by atoms with Crippen molar-refractivity contribution in [2.45, 2.75) is 19.1 Å². The van der Waals surface area contributed by atoms with E-state index in [1.807, 2.05) is 11.4 Å². The summed E-state index contributed by atoms with van der Waals surface area (Å²) < 4.78 is 4.85. The van der Waals surface area contributed by atoms with E-state index < -0.39 is 42.9 Å². The smallest absolute Gasteiger partial charge is 0.407 e. The Hall–Kier alpha value is -3.10. The summed E-state index contributed by atoms with van der Waals surface area (Å²) in [6.45, 7) is -0.512. The Morgan fingerprint density at radius 1 is 1.09 bits per heavy atom. The van der Waals surface area contributed by atoms with Crippen molar-refractivity contribution in [3.63, 3.8) is 0 Å². The predicted octanol–water partition coefficient (Wildman–Crippen LogP) is -0.0431. The van der Waals surface area contributed by atoms with E-state index in [0.29, 0.717) is 0 Å². The lowest BCUT2D eigenvalue weighted by molar-refractivity contribution is -0.147. The highest BCUT2D eigenvalue weighted by atomic mass is 16.5. The van der Waals surface area contributed by atoms with Gasteiger partial charge in [-0.15, -0.1) is 0 Å². The first-order valence-corrected chi connectivity index (χ1v) is 6.57. The number of aliphatic carboxylic acids is 2. The molecule has 1 rings (SSSR count). The summed E-state index contributed by atoms with van der Waals surface area (Å²) in [4.78, 5) is 44.1. The summed E-state index contributed by atoms with van der Waals surface area (Å²) in [6.07, 6.45) is -1.62. The molecule has 1 aromatic carbocycles. The molecule has 0 bridgehead atoms. The SMILES string of the molecule is O=C(O)CC(NC(=O)CNC(=O)OCc1ccccc1)C(=O)O. The van der Waals surface area contributed by atoms with Gasteiger partial charge in [0.25, 0.3) is 0 Å². The zero-order valence-electron chi connectivity index (χ0n) is 12.0. The predicted molar refractivity (Wildman–Crippen MR) is 76.4 cm³/mol. The number of hydrogen-bond acceptors (Lipinski definition) is 5. The highest BCUT2D eigenvalue weighted by Crippen LogP contribution is 2.00. The van der Waals surface area contributed by atoms with Crippen LogP contribution in [0.1, 0.15) is 12.0 Å². The van der Waals surface area contributed by atoms with Crippen LogP contribution < -0.4 is 10.6 Å². The largest absolute Gasteiger partial charge is 0.481 e. The molecule has 0 aromatic heterocycles. The van der Waals surface area contributed by atoms with Crippen molar-refractivity contribution in [1.82, 2.24) is 10.6 Å². The lowest BCUT2D eigenvalue weighted by atomic mass is 10.2. The molecule has 0 heterocycles. The number of amides is 2. The Kier molecular flexibility index (Phi) is 7.05. The molecule has 0 saturated carbocycles. The molecule has 4 N–H and O–H groups in total. The molecule has 9 nitrogen and oxygen atoms in total. The molecule has 1 aromatic rings. The van der Waals surface area contributed by atoms with E-state index in [0.717, 1.165) is 5.56 Å². The lowest BCUT2D eigenvalue weighted by Crippen LogP contribution is -2.46. The molecule has 0 aliphatic heterocycles. The molecule has 9 heteroatoms. The Labute approximate surface area is 131 Å². The van der Waals surface area contributed by atoms with Gasteiger partial charge >= 0.3 is 18.0 Å². The van der Waals surface area contributed by atoms with Gasteiger partial charge in [0.15, 0.2) is 0 Å². The minimum absolute atomic E-state index is 0.0189. The lowest BCUT2D eigenvalue weighted by Gasteiger charge is -2.12. The monoisotopic (exact) mass is 324 g/mol. The normalized spacial score (nSPS) is 11.1. The molecule has 1 atom stereocenters.